The third kappa shape index (κ3) is 3.28. The zero-order chi connectivity index (χ0) is 13.8. The van der Waals surface area contributed by atoms with Gasteiger partial charge in [0.25, 0.3) is 0 Å². The Morgan fingerprint density at radius 2 is 1.95 bits per heavy atom. The van der Waals surface area contributed by atoms with Crippen LogP contribution in [-0.2, 0) is 9.59 Å². The van der Waals surface area contributed by atoms with E-state index in [4.69, 9.17) is 0 Å². The van der Waals surface area contributed by atoms with Crippen LogP contribution in [0.4, 0.5) is 0 Å². The van der Waals surface area contributed by atoms with Crippen LogP contribution < -0.4 is 5.32 Å². The minimum absolute atomic E-state index is 0.00171. The van der Waals surface area contributed by atoms with Gasteiger partial charge in [-0.05, 0) is 32.1 Å². The summed E-state index contributed by atoms with van der Waals surface area (Å²) in [7, 11) is 0. The highest BCUT2D eigenvalue weighted by Crippen LogP contribution is 2.31. The molecule has 0 aromatic heterocycles. The summed E-state index contributed by atoms with van der Waals surface area (Å²) in [6, 6.07) is -0.0457. The van der Waals surface area contributed by atoms with Gasteiger partial charge in [0, 0.05) is 19.0 Å². The van der Waals surface area contributed by atoms with Gasteiger partial charge in [-0.15, -0.1) is 0 Å². The van der Waals surface area contributed by atoms with Crippen LogP contribution >= 0.6 is 0 Å². The van der Waals surface area contributed by atoms with Gasteiger partial charge in [0.1, 0.15) is 6.04 Å². The highest BCUT2D eigenvalue weighted by molar-refractivity contribution is 5.89. The molecule has 0 spiro atoms. The minimum Gasteiger partial charge on any atom is -0.345 e. The van der Waals surface area contributed by atoms with E-state index in [1.165, 1.54) is 32.1 Å². The molecule has 2 rings (SSSR count). The first-order valence-electron chi connectivity index (χ1n) is 7.73. The second-order valence-electron chi connectivity index (χ2n) is 5.94. The Hall–Kier alpha value is -1.06. The largest absolute Gasteiger partial charge is 0.345 e. The summed E-state index contributed by atoms with van der Waals surface area (Å²) < 4.78 is 0. The molecule has 0 aromatic carbocycles. The van der Waals surface area contributed by atoms with Gasteiger partial charge in [-0.25, -0.2) is 0 Å². The molecule has 1 saturated carbocycles. The fraction of sp³-hybridized carbons (Fsp3) is 0.867. The molecule has 1 heterocycles. The van der Waals surface area contributed by atoms with Gasteiger partial charge in [0.05, 0.1) is 0 Å². The molecule has 4 nitrogen and oxygen atoms in total. The number of carbonyl (C=O) groups excluding carboxylic acids is 2. The third-order valence-electron chi connectivity index (χ3n) is 4.62. The molecule has 2 unspecified atom stereocenters. The molecule has 108 valence electrons. The SMILES string of the molecule is CCC(C1CCCCC1)N1CCC(=O)NC(C)C1=O. The fourth-order valence-corrected chi connectivity index (χ4v) is 3.61. The predicted octanol–water partition coefficient (Wildman–Crippen LogP) is 2.08. The van der Waals surface area contributed by atoms with E-state index in [-0.39, 0.29) is 17.9 Å². The summed E-state index contributed by atoms with van der Waals surface area (Å²) in [5, 5.41) is 2.77. The summed E-state index contributed by atoms with van der Waals surface area (Å²) in [5.41, 5.74) is 0. The Labute approximate surface area is 115 Å². The van der Waals surface area contributed by atoms with Crippen molar-refractivity contribution in [3.8, 4) is 0 Å². The van der Waals surface area contributed by atoms with E-state index in [1.54, 1.807) is 6.92 Å². The summed E-state index contributed by atoms with van der Waals surface area (Å²) in [4.78, 5) is 26.0. The van der Waals surface area contributed by atoms with Gasteiger partial charge in [-0.3, -0.25) is 9.59 Å². The van der Waals surface area contributed by atoms with Crippen LogP contribution in [0.1, 0.15) is 58.8 Å². The molecule has 2 amide bonds. The van der Waals surface area contributed by atoms with Gasteiger partial charge in [0.2, 0.25) is 11.8 Å². The molecule has 1 aliphatic carbocycles. The molecular formula is C15H26N2O2. The molecule has 0 bridgehead atoms. The molecule has 2 aliphatic rings. The van der Waals surface area contributed by atoms with E-state index < -0.39 is 0 Å². The van der Waals surface area contributed by atoms with E-state index in [2.05, 4.69) is 12.2 Å². The van der Waals surface area contributed by atoms with Crippen molar-refractivity contribution in [2.45, 2.75) is 70.9 Å². The van der Waals surface area contributed by atoms with Gasteiger partial charge < -0.3 is 10.2 Å². The Bertz CT molecular complexity index is 337. The van der Waals surface area contributed by atoms with Crippen LogP contribution in [0.3, 0.4) is 0 Å². The second-order valence-corrected chi connectivity index (χ2v) is 5.94. The Kier molecular flexibility index (Phi) is 4.83. The molecule has 0 aromatic rings. The van der Waals surface area contributed by atoms with Crippen LogP contribution in [0.25, 0.3) is 0 Å². The fourth-order valence-electron chi connectivity index (χ4n) is 3.61. The molecule has 4 heteroatoms. The lowest BCUT2D eigenvalue weighted by atomic mass is 9.82. The first-order valence-corrected chi connectivity index (χ1v) is 7.73. The maximum absolute atomic E-state index is 12.4. The molecule has 1 saturated heterocycles. The summed E-state index contributed by atoms with van der Waals surface area (Å²) in [6.07, 6.45) is 7.82. The number of amides is 2. The number of nitrogens with zero attached hydrogens (tertiary/aromatic N) is 1. The predicted molar refractivity (Wildman–Crippen MR) is 74.6 cm³/mol. The summed E-state index contributed by atoms with van der Waals surface area (Å²) >= 11 is 0. The highest BCUT2D eigenvalue weighted by Gasteiger charge is 2.34. The van der Waals surface area contributed by atoms with E-state index >= 15 is 0 Å². The first-order chi connectivity index (χ1) is 9.13. The van der Waals surface area contributed by atoms with Crippen LogP contribution in [0.2, 0.25) is 0 Å². The highest BCUT2D eigenvalue weighted by atomic mass is 16.2. The number of nitrogens with one attached hydrogen (secondary N) is 1. The Morgan fingerprint density at radius 3 is 2.58 bits per heavy atom. The molecule has 19 heavy (non-hydrogen) atoms. The van der Waals surface area contributed by atoms with E-state index in [9.17, 15) is 9.59 Å². The third-order valence-corrected chi connectivity index (χ3v) is 4.62. The molecule has 1 N–H and O–H groups in total. The standard InChI is InChI=1S/C15H26N2O2/c1-3-13(12-7-5-4-6-8-12)17-10-9-14(18)16-11(2)15(17)19/h11-13H,3-10H2,1-2H3,(H,16,18). The van der Waals surface area contributed by atoms with E-state index in [1.807, 2.05) is 4.90 Å². The topological polar surface area (TPSA) is 49.4 Å². The van der Waals surface area contributed by atoms with Crippen LogP contribution in [0.15, 0.2) is 0 Å². The summed E-state index contributed by atoms with van der Waals surface area (Å²) in [6.45, 7) is 4.55. The van der Waals surface area contributed by atoms with Crippen molar-refractivity contribution in [1.29, 1.82) is 0 Å². The molecule has 2 fully saturated rings. The van der Waals surface area contributed by atoms with Crippen LogP contribution in [0, 0.1) is 5.92 Å². The van der Waals surface area contributed by atoms with E-state index in [0.29, 0.717) is 24.9 Å². The normalized spacial score (nSPS) is 27.9. The van der Waals surface area contributed by atoms with Gasteiger partial charge >= 0.3 is 0 Å². The quantitative estimate of drug-likeness (QED) is 0.850. The molecule has 0 radical (unpaired) electrons. The Balaban J connectivity index is 2.10. The van der Waals surface area contributed by atoms with Crippen molar-refractivity contribution in [2.75, 3.05) is 6.54 Å². The van der Waals surface area contributed by atoms with Gasteiger partial charge in [0.15, 0.2) is 0 Å². The average molecular weight is 266 g/mol. The monoisotopic (exact) mass is 266 g/mol. The van der Waals surface area contributed by atoms with Crippen LogP contribution in [0.5, 0.6) is 0 Å². The number of hydrogen-bond acceptors (Lipinski definition) is 2. The lowest BCUT2D eigenvalue weighted by Crippen LogP contribution is -2.49. The lowest BCUT2D eigenvalue weighted by Gasteiger charge is -2.38. The van der Waals surface area contributed by atoms with Crippen molar-refractivity contribution < 1.29 is 9.59 Å². The maximum Gasteiger partial charge on any atom is 0.245 e. The maximum atomic E-state index is 12.4. The van der Waals surface area contributed by atoms with Crippen molar-refractivity contribution in [3.05, 3.63) is 0 Å². The smallest absolute Gasteiger partial charge is 0.245 e. The first kappa shape index (κ1) is 14.4. The number of hydrogen-bond donors (Lipinski definition) is 1. The van der Waals surface area contributed by atoms with Gasteiger partial charge in [-0.1, -0.05) is 26.2 Å². The zero-order valence-corrected chi connectivity index (χ0v) is 12.2. The Morgan fingerprint density at radius 1 is 1.26 bits per heavy atom. The molecule has 1 aliphatic heterocycles. The molecule has 2 atom stereocenters. The number of rotatable bonds is 3. The van der Waals surface area contributed by atoms with Crippen molar-refractivity contribution in [1.82, 2.24) is 10.2 Å². The van der Waals surface area contributed by atoms with E-state index in [0.717, 1.165) is 6.42 Å². The zero-order valence-electron chi connectivity index (χ0n) is 12.2. The van der Waals surface area contributed by atoms with Crippen molar-refractivity contribution in [3.63, 3.8) is 0 Å². The minimum atomic E-state index is -0.368. The molecular weight excluding hydrogens is 240 g/mol. The summed E-state index contributed by atoms with van der Waals surface area (Å²) in [5.74, 6) is 0.730. The van der Waals surface area contributed by atoms with Crippen molar-refractivity contribution >= 4 is 11.8 Å². The van der Waals surface area contributed by atoms with Crippen LogP contribution in [-0.4, -0.2) is 35.3 Å². The number of carbonyl (C=O) groups is 2. The second kappa shape index (κ2) is 6.40. The van der Waals surface area contributed by atoms with Gasteiger partial charge in [-0.2, -0.15) is 0 Å². The average Bonchev–Trinajstić information content (AvgIpc) is 2.54. The van der Waals surface area contributed by atoms with Crippen molar-refractivity contribution in [2.24, 2.45) is 5.92 Å². The lowest BCUT2D eigenvalue weighted by molar-refractivity contribution is -0.136.